The molecule has 0 saturated carbocycles. The molecule has 2 heterocycles. The highest BCUT2D eigenvalue weighted by molar-refractivity contribution is 9.10. The summed E-state index contributed by atoms with van der Waals surface area (Å²) < 4.78 is 17.2. The number of nitrogens with zero attached hydrogens (tertiary/aromatic N) is 2. The minimum Gasteiger partial charge on any atom is -0.249 e. The van der Waals surface area contributed by atoms with Gasteiger partial charge in [0, 0.05) is 22.2 Å². The van der Waals surface area contributed by atoms with E-state index in [9.17, 15) is 4.21 Å². The molecule has 0 atom stereocenters. The standard InChI is InChI=1S/C9H11BrN2OS/c10-8-3-4-9(11-7-8)12-14(13)5-1-2-6-14/h3-4,7H,1-2,5-6H2. The number of rotatable bonds is 1. The van der Waals surface area contributed by atoms with E-state index in [4.69, 9.17) is 0 Å². The van der Waals surface area contributed by atoms with Gasteiger partial charge in [0.2, 0.25) is 0 Å². The summed E-state index contributed by atoms with van der Waals surface area (Å²) in [5.41, 5.74) is 0. The molecule has 1 aromatic rings. The summed E-state index contributed by atoms with van der Waals surface area (Å²) in [4.78, 5) is 4.09. The lowest BCUT2D eigenvalue weighted by atomic mass is 10.4. The van der Waals surface area contributed by atoms with Gasteiger partial charge in [-0.3, -0.25) is 0 Å². The summed E-state index contributed by atoms with van der Waals surface area (Å²) in [6.07, 6.45) is 3.73. The molecule has 0 aromatic carbocycles. The third-order valence-corrected chi connectivity index (χ3v) is 4.99. The predicted octanol–water partition coefficient (Wildman–Crippen LogP) is 2.74. The van der Waals surface area contributed by atoms with Crippen molar-refractivity contribution >= 4 is 31.5 Å². The summed E-state index contributed by atoms with van der Waals surface area (Å²) in [5.74, 6) is 2.04. The quantitative estimate of drug-likeness (QED) is 0.790. The number of hydrogen-bond donors (Lipinski definition) is 0. The van der Waals surface area contributed by atoms with Gasteiger partial charge in [-0.1, -0.05) is 0 Å². The van der Waals surface area contributed by atoms with E-state index in [1.807, 2.05) is 6.07 Å². The number of aromatic nitrogens is 1. The topological polar surface area (TPSA) is 42.3 Å². The Labute approximate surface area is 92.3 Å². The molecule has 0 aliphatic carbocycles. The van der Waals surface area contributed by atoms with Gasteiger partial charge in [0.1, 0.15) is 0 Å². The minimum absolute atomic E-state index is 0.583. The average Bonchev–Trinajstić information content (AvgIpc) is 2.57. The van der Waals surface area contributed by atoms with Gasteiger partial charge in [0.25, 0.3) is 0 Å². The summed E-state index contributed by atoms with van der Waals surface area (Å²) in [6.45, 7) is 0. The average molecular weight is 275 g/mol. The fraction of sp³-hybridized carbons (Fsp3) is 0.444. The Morgan fingerprint density at radius 1 is 1.36 bits per heavy atom. The second kappa shape index (κ2) is 3.98. The Morgan fingerprint density at radius 3 is 2.64 bits per heavy atom. The van der Waals surface area contributed by atoms with Gasteiger partial charge in [-0.15, -0.1) is 0 Å². The van der Waals surface area contributed by atoms with Crippen LogP contribution in [0.15, 0.2) is 27.2 Å². The molecule has 0 amide bonds. The molecule has 2 rings (SSSR count). The molecule has 1 fully saturated rings. The molecule has 0 bridgehead atoms. The van der Waals surface area contributed by atoms with E-state index in [1.54, 1.807) is 12.3 Å². The van der Waals surface area contributed by atoms with E-state index >= 15 is 0 Å². The van der Waals surface area contributed by atoms with Gasteiger partial charge in [0.05, 0.1) is 9.73 Å². The van der Waals surface area contributed by atoms with E-state index in [2.05, 4.69) is 25.3 Å². The molecule has 1 aromatic heterocycles. The highest BCUT2D eigenvalue weighted by Crippen LogP contribution is 2.20. The van der Waals surface area contributed by atoms with Crippen LogP contribution in [0.1, 0.15) is 12.8 Å². The highest BCUT2D eigenvalue weighted by atomic mass is 79.9. The monoisotopic (exact) mass is 274 g/mol. The van der Waals surface area contributed by atoms with Crippen molar-refractivity contribution in [1.82, 2.24) is 4.98 Å². The van der Waals surface area contributed by atoms with Gasteiger partial charge in [-0.2, -0.15) is 4.36 Å². The summed E-state index contributed by atoms with van der Waals surface area (Å²) >= 11 is 3.30. The maximum absolute atomic E-state index is 12.0. The predicted molar refractivity (Wildman–Crippen MR) is 61.1 cm³/mol. The number of hydrogen-bond acceptors (Lipinski definition) is 3. The van der Waals surface area contributed by atoms with E-state index < -0.39 is 9.73 Å². The molecule has 1 saturated heterocycles. The fourth-order valence-electron chi connectivity index (χ4n) is 1.44. The van der Waals surface area contributed by atoms with Crippen LogP contribution in [0, 0.1) is 0 Å². The van der Waals surface area contributed by atoms with Crippen molar-refractivity contribution in [2.75, 3.05) is 11.5 Å². The molecular formula is C9H11BrN2OS. The Kier molecular flexibility index (Phi) is 2.88. The lowest BCUT2D eigenvalue weighted by Gasteiger charge is -1.99. The maximum Gasteiger partial charge on any atom is 0.161 e. The maximum atomic E-state index is 12.0. The molecule has 0 unspecified atom stereocenters. The first-order valence-corrected chi connectivity index (χ1v) is 7.17. The van der Waals surface area contributed by atoms with Crippen LogP contribution < -0.4 is 0 Å². The van der Waals surface area contributed by atoms with Crippen LogP contribution in [0.2, 0.25) is 0 Å². The van der Waals surface area contributed by atoms with Crippen molar-refractivity contribution in [2.45, 2.75) is 12.8 Å². The number of halogens is 1. The summed E-state index contributed by atoms with van der Waals surface area (Å²) in [6, 6.07) is 3.65. The van der Waals surface area contributed by atoms with Crippen LogP contribution in [-0.4, -0.2) is 20.7 Å². The Hall–Kier alpha value is -0.420. The van der Waals surface area contributed by atoms with E-state index in [0.717, 1.165) is 28.8 Å². The van der Waals surface area contributed by atoms with Crippen molar-refractivity contribution in [3.8, 4) is 0 Å². The van der Waals surface area contributed by atoms with E-state index in [0.29, 0.717) is 5.82 Å². The fourth-order valence-corrected chi connectivity index (χ4v) is 3.82. The zero-order valence-corrected chi connectivity index (χ0v) is 10.1. The SMILES string of the molecule is O=S1(=Nc2ccc(Br)cn2)CCCC1. The third-order valence-electron chi connectivity index (χ3n) is 2.15. The van der Waals surface area contributed by atoms with Crippen molar-refractivity contribution < 1.29 is 4.21 Å². The molecule has 0 radical (unpaired) electrons. The third kappa shape index (κ3) is 2.33. The van der Waals surface area contributed by atoms with Gasteiger partial charge in [-0.25, -0.2) is 9.19 Å². The second-order valence-corrected chi connectivity index (χ2v) is 6.77. The minimum atomic E-state index is -1.97. The van der Waals surface area contributed by atoms with Crippen molar-refractivity contribution in [3.63, 3.8) is 0 Å². The molecule has 0 spiro atoms. The first kappa shape index (κ1) is 10.1. The lowest BCUT2D eigenvalue weighted by Crippen LogP contribution is -1.99. The van der Waals surface area contributed by atoms with Gasteiger partial charge in [0.15, 0.2) is 5.82 Å². The van der Waals surface area contributed by atoms with Crippen molar-refractivity contribution in [1.29, 1.82) is 0 Å². The van der Waals surface area contributed by atoms with Gasteiger partial charge < -0.3 is 0 Å². The number of pyridine rings is 1. The summed E-state index contributed by atoms with van der Waals surface area (Å²) in [7, 11) is -1.97. The molecule has 1 aliphatic heterocycles. The highest BCUT2D eigenvalue weighted by Gasteiger charge is 2.16. The molecule has 76 valence electrons. The molecular weight excluding hydrogens is 264 g/mol. The van der Waals surface area contributed by atoms with Crippen LogP contribution in [-0.2, 0) is 9.73 Å². The van der Waals surface area contributed by atoms with Gasteiger partial charge >= 0.3 is 0 Å². The largest absolute Gasteiger partial charge is 0.249 e. The normalized spacial score (nSPS) is 19.5. The van der Waals surface area contributed by atoms with Crippen LogP contribution in [0.5, 0.6) is 0 Å². The van der Waals surface area contributed by atoms with Crippen LogP contribution in [0.4, 0.5) is 5.82 Å². The molecule has 3 nitrogen and oxygen atoms in total. The van der Waals surface area contributed by atoms with Crippen molar-refractivity contribution in [2.24, 2.45) is 4.36 Å². The zero-order chi connectivity index (χ0) is 10.0. The molecule has 0 N–H and O–H groups in total. The second-order valence-electron chi connectivity index (χ2n) is 3.31. The first-order valence-electron chi connectivity index (χ1n) is 4.52. The molecule has 5 heteroatoms. The Morgan fingerprint density at radius 2 is 2.07 bits per heavy atom. The van der Waals surface area contributed by atoms with E-state index in [-0.39, 0.29) is 0 Å². The Bertz CT molecular complexity index is 423. The van der Waals surface area contributed by atoms with Crippen LogP contribution in [0.3, 0.4) is 0 Å². The molecule has 1 aliphatic rings. The van der Waals surface area contributed by atoms with Crippen LogP contribution in [0.25, 0.3) is 0 Å². The van der Waals surface area contributed by atoms with Crippen LogP contribution >= 0.6 is 15.9 Å². The lowest BCUT2D eigenvalue weighted by molar-refractivity contribution is 0.681. The first-order chi connectivity index (χ1) is 6.68. The van der Waals surface area contributed by atoms with E-state index in [1.165, 1.54) is 0 Å². The molecule has 14 heavy (non-hydrogen) atoms. The van der Waals surface area contributed by atoms with Crippen molar-refractivity contribution in [3.05, 3.63) is 22.8 Å². The Balaban J connectivity index is 2.33. The van der Waals surface area contributed by atoms with Gasteiger partial charge in [-0.05, 0) is 40.9 Å². The smallest absolute Gasteiger partial charge is 0.161 e. The zero-order valence-electron chi connectivity index (χ0n) is 7.65. The summed E-state index contributed by atoms with van der Waals surface area (Å²) in [5, 5.41) is 0.